The van der Waals surface area contributed by atoms with Crippen molar-refractivity contribution >= 4 is 39.1 Å². The number of amidine groups is 1. The molecule has 0 radical (unpaired) electrons. The van der Waals surface area contributed by atoms with E-state index in [2.05, 4.69) is 38.1 Å². The summed E-state index contributed by atoms with van der Waals surface area (Å²) in [7, 11) is 0. The van der Waals surface area contributed by atoms with Gasteiger partial charge in [0.25, 0.3) is 0 Å². The predicted molar refractivity (Wildman–Crippen MR) is 124 cm³/mol. The number of morpholine rings is 1. The molecule has 170 valence electrons. The molecule has 0 spiro atoms. The van der Waals surface area contributed by atoms with Crippen LogP contribution < -0.4 is 5.32 Å². The molecule has 2 aliphatic heterocycles. The van der Waals surface area contributed by atoms with E-state index in [9.17, 15) is 9.18 Å². The lowest BCUT2D eigenvalue weighted by Gasteiger charge is -2.36. The van der Waals surface area contributed by atoms with Gasteiger partial charge in [-0.15, -0.1) is 11.3 Å². The molecule has 1 aromatic heterocycles. The third kappa shape index (κ3) is 4.93. The Bertz CT molecular complexity index is 1040. The quantitative estimate of drug-likeness (QED) is 0.583. The molecule has 10 heteroatoms. The third-order valence-electron chi connectivity index (χ3n) is 5.38. The van der Waals surface area contributed by atoms with Crippen LogP contribution in [0.1, 0.15) is 30.5 Å². The van der Waals surface area contributed by atoms with Crippen LogP contribution in [0.2, 0.25) is 0 Å². The minimum atomic E-state index is -0.671. The number of ether oxygens (including phenoxy) is 2. The summed E-state index contributed by atoms with van der Waals surface area (Å²) < 4.78 is 25.3. The number of thiazole rings is 1. The Labute approximate surface area is 198 Å². The van der Waals surface area contributed by atoms with E-state index in [1.807, 2.05) is 5.38 Å². The van der Waals surface area contributed by atoms with Gasteiger partial charge in [-0.25, -0.2) is 14.2 Å². The Hall–Kier alpha value is -2.14. The molecule has 1 aromatic carbocycles. The van der Waals surface area contributed by atoms with Crippen molar-refractivity contribution in [2.75, 3.05) is 32.9 Å². The molecule has 1 fully saturated rings. The normalized spacial score (nSPS) is 21.8. The Morgan fingerprint density at radius 1 is 1.47 bits per heavy atom. The Morgan fingerprint density at radius 2 is 2.31 bits per heavy atom. The second-order valence-corrected chi connectivity index (χ2v) is 9.26. The van der Waals surface area contributed by atoms with Crippen LogP contribution in [0.25, 0.3) is 0 Å². The van der Waals surface area contributed by atoms with Crippen LogP contribution in [0.3, 0.4) is 0 Å². The van der Waals surface area contributed by atoms with E-state index in [-0.39, 0.29) is 18.5 Å². The van der Waals surface area contributed by atoms with E-state index in [0.717, 1.165) is 6.54 Å². The molecule has 1 N–H and O–H groups in total. The summed E-state index contributed by atoms with van der Waals surface area (Å²) in [6.45, 7) is 6.61. The Morgan fingerprint density at radius 3 is 3.00 bits per heavy atom. The van der Waals surface area contributed by atoms with E-state index in [1.54, 1.807) is 19.2 Å². The van der Waals surface area contributed by atoms with E-state index in [1.165, 1.54) is 23.5 Å². The van der Waals surface area contributed by atoms with Gasteiger partial charge in [-0.2, -0.15) is 0 Å². The summed E-state index contributed by atoms with van der Waals surface area (Å²) >= 11 is 4.90. The molecule has 0 bridgehead atoms. The number of carbonyl (C=O) groups is 1. The fraction of sp³-hybridized carbons (Fsp3) is 0.409. The number of hydrogen-bond acceptors (Lipinski definition) is 8. The first-order valence-electron chi connectivity index (χ1n) is 10.4. The SMILES string of the molecule is CCOC(=O)C1=C(CN2CCOC[C@H]2C)NC(c2nccs2)=NC1c1ccc(F)cc1Br. The summed E-state index contributed by atoms with van der Waals surface area (Å²) in [6.07, 6.45) is 1.71. The van der Waals surface area contributed by atoms with Gasteiger partial charge in [-0.05, 0) is 31.5 Å². The van der Waals surface area contributed by atoms with Crippen LogP contribution >= 0.6 is 27.3 Å². The minimum Gasteiger partial charge on any atom is -0.463 e. The Kier molecular flexibility index (Phi) is 7.34. The van der Waals surface area contributed by atoms with Gasteiger partial charge in [0.05, 0.1) is 25.4 Å². The van der Waals surface area contributed by atoms with Gasteiger partial charge >= 0.3 is 5.97 Å². The molecular weight excluding hydrogens is 499 g/mol. The van der Waals surface area contributed by atoms with Gasteiger partial charge in [0.15, 0.2) is 10.8 Å². The van der Waals surface area contributed by atoms with Crippen molar-refractivity contribution in [2.45, 2.75) is 25.9 Å². The smallest absolute Gasteiger partial charge is 0.338 e. The van der Waals surface area contributed by atoms with Crippen molar-refractivity contribution < 1.29 is 18.7 Å². The van der Waals surface area contributed by atoms with Gasteiger partial charge in [-0.1, -0.05) is 22.0 Å². The molecule has 7 nitrogen and oxygen atoms in total. The first kappa shape index (κ1) is 23.0. The number of aliphatic imine (C=N–C) groups is 1. The number of benzene rings is 1. The van der Waals surface area contributed by atoms with Gasteiger partial charge < -0.3 is 14.8 Å². The molecule has 0 aliphatic carbocycles. The van der Waals surface area contributed by atoms with Crippen LogP contribution in [-0.2, 0) is 14.3 Å². The minimum absolute atomic E-state index is 0.194. The van der Waals surface area contributed by atoms with E-state index in [4.69, 9.17) is 14.5 Å². The lowest BCUT2D eigenvalue weighted by molar-refractivity contribution is -0.139. The average molecular weight is 523 g/mol. The summed E-state index contributed by atoms with van der Waals surface area (Å²) in [5.41, 5.74) is 1.80. The van der Waals surface area contributed by atoms with Gasteiger partial charge in [-0.3, -0.25) is 9.89 Å². The molecular formula is C22H24BrFN4O3S. The fourth-order valence-electron chi connectivity index (χ4n) is 3.77. The molecule has 0 saturated carbocycles. The number of halogens is 2. The van der Waals surface area contributed by atoms with Crippen LogP contribution in [0, 0.1) is 5.82 Å². The van der Waals surface area contributed by atoms with Crippen molar-refractivity contribution in [2.24, 2.45) is 4.99 Å². The second-order valence-electron chi connectivity index (χ2n) is 7.52. The lowest BCUT2D eigenvalue weighted by atomic mass is 9.95. The largest absolute Gasteiger partial charge is 0.463 e. The number of carbonyl (C=O) groups excluding carboxylic acids is 1. The molecule has 4 rings (SSSR count). The van der Waals surface area contributed by atoms with Crippen molar-refractivity contribution in [1.29, 1.82) is 0 Å². The fourth-order valence-corrected chi connectivity index (χ4v) is 4.92. The van der Waals surface area contributed by atoms with Crippen LogP contribution in [0.4, 0.5) is 4.39 Å². The predicted octanol–water partition coefficient (Wildman–Crippen LogP) is 3.67. The van der Waals surface area contributed by atoms with E-state index in [0.29, 0.717) is 51.9 Å². The zero-order valence-electron chi connectivity index (χ0n) is 17.8. The zero-order valence-corrected chi connectivity index (χ0v) is 20.2. The number of hydrogen-bond donors (Lipinski definition) is 1. The van der Waals surface area contributed by atoms with Gasteiger partial charge in [0.2, 0.25) is 0 Å². The van der Waals surface area contributed by atoms with Crippen LogP contribution in [-0.4, -0.2) is 60.6 Å². The number of nitrogens with zero attached hydrogens (tertiary/aromatic N) is 3. The first-order chi connectivity index (χ1) is 15.5. The second kappa shape index (κ2) is 10.2. The van der Waals surface area contributed by atoms with Crippen molar-refractivity contribution in [3.63, 3.8) is 0 Å². The van der Waals surface area contributed by atoms with Crippen LogP contribution in [0.5, 0.6) is 0 Å². The molecule has 1 unspecified atom stereocenters. The summed E-state index contributed by atoms with van der Waals surface area (Å²) in [5, 5.41) is 5.93. The number of nitrogens with one attached hydrogen (secondary N) is 1. The topological polar surface area (TPSA) is 76.0 Å². The van der Waals surface area contributed by atoms with Crippen molar-refractivity contribution in [1.82, 2.24) is 15.2 Å². The number of rotatable bonds is 6. The summed E-state index contributed by atoms with van der Waals surface area (Å²) in [6, 6.07) is 3.91. The average Bonchev–Trinajstić information content (AvgIpc) is 3.30. The van der Waals surface area contributed by atoms with Gasteiger partial charge in [0.1, 0.15) is 11.9 Å². The Balaban J connectivity index is 1.82. The molecule has 3 heterocycles. The van der Waals surface area contributed by atoms with Crippen LogP contribution in [0.15, 0.2) is 50.5 Å². The third-order valence-corrected chi connectivity index (χ3v) is 6.85. The highest BCUT2D eigenvalue weighted by Gasteiger charge is 2.35. The van der Waals surface area contributed by atoms with Crippen molar-refractivity contribution in [3.05, 3.63) is 61.9 Å². The molecule has 2 aliphatic rings. The highest BCUT2D eigenvalue weighted by atomic mass is 79.9. The standard InChI is InChI=1S/C22H24BrFN4O3S/c1-3-31-22(29)18-17(11-28-7-8-30-12-13(28)2)26-20(21-25-6-9-32-21)27-19(18)15-5-4-14(24)10-16(15)23/h4-6,9-10,13,19H,3,7-8,11-12H2,1-2H3,(H,26,27)/t13-,19?/m1/s1. The molecule has 2 aromatic rings. The monoisotopic (exact) mass is 522 g/mol. The maximum Gasteiger partial charge on any atom is 0.338 e. The first-order valence-corrected chi connectivity index (χ1v) is 12.1. The van der Waals surface area contributed by atoms with E-state index >= 15 is 0 Å². The van der Waals surface area contributed by atoms with Crippen molar-refractivity contribution in [3.8, 4) is 0 Å². The number of esters is 1. The highest BCUT2D eigenvalue weighted by Crippen LogP contribution is 2.37. The highest BCUT2D eigenvalue weighted by molar-refractivity contribution is 9.10. The summed E-state index contributed by atoms with van der Waals surface area (Å²) in [5.74, 6) is -0.244. The lowest BCUT2D eigenvalue weighted by Crippen LogP contribution is -2.47. The zero-order chi connectivity index (χ0) is 22.7. The van der Waals surface area contributed by atoms with Gasteiger partial charge in [0, 0.05) is 40.9 Å². The molecule has 1 saturated heterocycles. The summed E-state index contributed by atoms with van der Waals surface area (Å²) in [4.78, 5) is 24.6. The number of aromatic nitrogens is 1. The van der Waals surface area contributed by atoms with E-state index < -0.39 is 12.0 Å². The maximum atomic E-state index is 13.8. The molecule has 0 amide bonds. The molecule has 32 heavy (non-hydrogen) atoms. The maximum absolute atomic E-state index is 13.8. The molecule has 2 atom stereocenters.